The van der Waals surface area contributed by atoms with Gasteiger partial charge in [-0.05, 0) is 54.4 Å². The van der Waals surface area contributed by atoms with Crippen LogP contribution in [-0.4, -0.2) is 14.5 Å². The number of nitrogens with two attached hydrogens (primary N) is 1. The lowest BCUT2D eigenvalue weighted by Crippen LogP contribution is -2.04. The molecule has 0 unspecified atom stereocenters. The molecule has 0 fully saturated rings. The van der Waals surface area contributed by atoms with Crippen molar-refractivity contribution in [3.8, 4) is 16.8 Å². The van der Waals surface area contributed by atoms with Gasteiger partial charge in [0, 0.05) is 23.5 Å². The molecule has 2 aromatic heterocycles. The predicted molar refractivity (Wildman–Crippen MR) is 96.9 cm³/mol. The quantitative estimate of drug-likeness (QED) is 0.571. The van der Waals surface area contributed by atoms with Crippen molar-refractivity contribution in [2.75, 3.05) is 0 Å². The molecule has 0 amide bonds. The fourth-order valence-corrected chi connectivity index (χ4v) is 2.90. The molecular formula is C20H17FN4. The highest BCUT2D eigenvalue weighted by Gasteiger charge is 2.08. The highest BCUT2D eigenvalue weighted by molar-refractivity contribution is 5.79. The number of hydrogen-bond acceptors (Lipinski definition) is 3. The van der Waals surface area contributed by atoms with Crippen LogP contribution in [0.3, 0.4) is 0 Å². The molecule has 0 saturated carbocycles. The zero-order chi connectivity index (χ0) is 17.4. The fraction of sp³-hybridized carbons (Fsp3) is 0.100. The van der Waals surface area contributed by atoms with Gasteiger partial charge in [0.2, 0.25) is 5.95 Å². The normalized spacial score (nSPS) is 12.4. The molecule has 0 aliphatic carbocycles. The first-order valence-electron chi connectivity index (χ1n) is 8.07. The van der Waals surface area contributed by atoms with E-state index in [0.29, 0.717) is 0 Å². The lowest BCUT2D eigenvalue weighted by Gasteiger charge is -2.09. The average molecular weight is 332 g/mol. The summed E-state index contributed by atoms with van der Waals surface area (Å²) < 4.78 is 15.1. The Morgan fingerprint density at radius 1 is 1.00 bits per heavy atom. The van der Waals surface area contributed by atoms with E-state index in [1.54, 1.807) is 12.4 Å². The van der Waals surface area contributed by atoms with E-state index >= 15 is 0 Å². The number of rotatable bonds is 3. The zero-order valence-electron chi connectivity index (χ0n) is 13.7. The lowest BCUT2D eigenvalue weighted by atomic mass is 10.1. The van der Waals surface area contributed by atoms with Crippen molar-refractivity contribution in [3.05, 3.63) is 78.6 Å². The number of benzene rings is 2. The van der Waals surface area contributed by atoms with Gasteiger partial charge in [0.05, 0.1) is 11.0 Å². The minimum Gasteiger partial charge on any atom is -0.324 e. The summed E-state index contributed by atoms with van der Waals surface area (Å²) in [4.78, 5) is 8.22. The topological polar surface area (TPSA) is 56.7 Å². The van der Waals surface area contributed by atoms with Crippen LogP contribution in [0, 0.1) is 5.95 Å². The van der Waals surface area contributed by atoms with E-state index in [0.717, 1.165) is 33.4 Å². The van der Waals surface area contributed by atoms with Crippen LogP contribution in [0.5, 0.6) is 0 Å². The Labute approximate surface area is 144 Å². The number of pyridine rings is 1. The molecule has 0 aliphatic rings. The van der Waals surface area contributed by atoms with E-state index in [-0.39, 0.29) is 6.04 Å². The molecule has 0 spiro atoms. The van der Waals surface area contributed by atoms with E-state index in [4.69, 9.17) is 5.73 Å². The van der Waals surface area contributed by atoms with Gasteiger partial charge < -0.3 is 5.73 Å². The number of aromatic nitrogens is 3. The third-order valence-electron chi connectivity index (χ3n) is 4.28. The first kappa shape index (κ1) is 15.5. The summed E-state index contributed by atoms with van der Waals surface area (Å²) in [7, 11) is 0. The largest absolute Gasteiger partial charge is 0.324 e. The van der Waals surface area contributed by atoms with Gasteiger partial charge in [-0.3, -0.25) is 4.57 Å². The van der Waals surface area contributed by atoms with Crippen LogP contribution >= 0.6 is 0 Å². The molecule has 2 aromatic carbocycles. The summed E-state index contributed by atoms with van der Waals surface area (Å²) in [5.74, 6) is -0.481. The molecule has 0 aliphatic heterocycles. The minimum absolute atomic E-state index is 0.0242. The van der Waals surface area contributed by atoms with Crippen molar-refractivity contribution in [1.82, 2.24) is 14.5 Å². The van der Waals surface area contributed by atoms with Crippen LogP contribution in [0.2, 0.25) is 0 Å². The van der Waals surface area contributed by atoms with Crippen molar-refractivity contribution in [2.24, 2.45) is 5.73 Å². The molecule has 0 radical (unpaired) electrons. The van der Waals surface area contributed by atoms with Gasteiger partial charge in [-0.25, -0.2) is 9.97 Å². The summed E-state index contributed by atoms with van der Waals surface area (Å²) in [6, 6.07) is 17.1. The summed E-state index contributed by atoms with van der Waals surface area (Å²) in [6.07, 6.45) is 3.34. The third kappa shape index (κ3) is 2.90. The van der Waals surface area contributed by atoms with Crippen molar-refractivity contribution in [2.45, 2.75) is 13.0 Å². The van der Waals surface area contributed by atoms with E-state index in [1.165, 1.54) is 12.3 Å². The summed E-state index contributed by atoms with van der Waals surface area (Å²) in [6.45, 7) is 1.96. The summed E-state index contributed by atoms with van der Waals surface area (Å²) >= 11 is 0. The zero-order valence-corrected chi connectivity index (χ0v) is 13.7. The number of nitrogens with zero attached hydrogens (tertiary/aromatic N) is 3. The van der Waals surface area contributed by atoms with Crippen molar-refractivity contribution >= 4 is 11.0 Å². The Kier molecular flexibility index (Phi) is 3.78. The standard InChI is InChI=1S/C20H17FN4/c1-13(22)14-5-7-19-18(10-14)24-12-25(19)17-4-2-3-15(9-17)16-6-8-20(21)23-11-16/h2-13H,22H2,1H3/t13-/m0/s1. The van der Waals surface area contributed by atoms with Crippen LogP contribution in [0.15, 0.2) is 67.1 Å². The van der Waals surface area contributed by atoms with Gasteiger partial charge in [0.15, 0.2) is 0 Å². The van der Waals surface area contributed by atoms with E-state index in [2.05, 4.69) is 9.97 Å². The van der Waals surface area contributed by atoms with Crippen LogP contribution in [-0.2, 0) is 0 Å². The van der Waals surface area contributed by atoms with Crippen LogP contribution in [0.1, 0.15) is 18.5 Å². The Hall–Kier alpha value is -3.05. The Morgan fingerprint density at radius 3 is 2.64 bits per heavy atom. The van der Waals surface area contributed by atoms with Crippen molar-refractivity contribution in [1.29, 1.82) is 0 Å². The molecule has 1 atom stereocenters. The first-order valence-corrected chi connectivity index (χ1v) is 8.07. The maximum absolute atomic E-state index is 13.0. The molecule has 4 nitrogen and oxygen atoms in total. The van der Waals surface area contributed by atoms with Gasteiger partial charge in [0.1, 0.15) is 6.33 Å². The van der Waals surface area contributed by atoms with Gasteiger partial charge in [-0.15, -0.1) is 0 Å². The highest BCUT2D eigenvalue weighted by Crippen LogP contribution is 2.25. The van der Waals surface area contributed by atoms with E-state index in [1.807, 2.05) is 54.0 Å². The summed E-state index contributed by atoms with van der Waals surface area (Å²) in [5, 5.41) is 0. The van der Waals surface area contributed by atoms with Crippen molar-refractivity contribution < 1.29 is 4.39 Å². The molecule has 5 heteroatoms. The fourth-order valence-electron chi connectivity index (χ4n) is 2.90. The van der Waals surface area contributed by atoms with E-state index in [9.17, 15) is 4.39 Å². The smallest absolute Gasteiger partial charge is 0.212 e. The Balaban J connectivity index is 1.78. The van der Waals surface area contributed by atoms with Crippen LogP contribution in [0.25, 0.3) is 27.8 Å². The third-order valence-corrected chi connectivity index (χ3v) is 4.28. The van der Waals surface area contributed by atoms with Crippen molar-refractivity contribution in [3.63, 3.8) is 0 Å². The van der Waals surface area contributed by atoms with Gasteiger partial charge in [0.25, 0.3) is 0 Å². The lowest BCUT2D eigenvalue weighted by molar-refractivity contribution is 0.584. The second-order valence-electron chi connectivity index (χ2n) is 6.07. The highest BCUT2D eigenvalue weighted by atomic mass is 19.1. The monoisotopic (exact) mass is 332 g/mol. The van der Waals surface area contributed by atoms with Gasteiger partial charge in [-0.2, -0.15) is 4.39 Å². The molecule has 4 aromatic rings. The average Bonchev–Trinajstić information content (AvgIpc) is 3.05. The molecule has 25 heavy (non-hydrogen) atoms. The van der Waals surface area contributed by atoms with Crippen LogP contribution < -0.4 is 5.73 Å². The number of hydrogen-bond donors (Lipinski definition) is 1. The Bertz CT molecular complexity index is 1040. The number of fused-ring (bicyclic) bond motifs is 1. The molecular weight excluding hydrogens is 315 g/mol. The molecule has 2 N–H and O–H groups in total. The predicted octanol–water partition coefficient (Wildman–Crippen LogP) is 4.25. The number of halogens is 1. The van der Waals surface area contributed by atoms with Gasteiger partial charge >= 0.3 is 0 Å². The molecule has 4 rings (SSSR count). The number of imidazole rings is 1. The van der Waals surface area contributed by atoms with E-state index < -0.39 is 5.95 Å². The maximum atomic E-state index is 13.0. The second kappa shape index (κ2) is 6.11. The second-order valence-corrected chi connectivity index (χ2v) is 6.07. The minimum atomic E-state index is -0.481. The molecule has 124 valence electrons. The van der Waals surface area contributed by atoms with Crippen LogP contribution in [0.4, 0.5) is 4.39 Å². The van der Waals surface area contributed by atoms with Gasteiger partial charge in [-0.1, -0.05) is 18.2 Å². The SMILES string of the molecule is C[C@H](N)c1ccc2c(c1)ncn2-c1cccc(-c2ccc(F)nc2)c1. The maximum Gasteiger partial charge on any atom is 0.212 e. The molecule has 2 heterocycles. The molecule has 0 bridgehead atoms. The Morgan fingerprint density at radius 2 is 1.88 bits per heavy atom. The summed E-state index contributed by atoms with van der Waals surface area (Å²) in [5.41, 5.74) is 11.8. The molecule has 0 saturated heterocycles. The first-order chi connectivity index (χ1) is 12.1.